The summed E-state index contributed by atoms with van der Waals surface area (Å²) in [5, 5.41) is 0. The van der Waals surface area contributed by atoms with Crippen molar-refractivity contribution in [1.82, 2.24) is 4.90 Å². The van der Waals surface area contributed by atoms with Crippen molar-refractivity contribution in [2.45, 2.75) is 38.8 Å². The van der Waals surface area contributed by atoms with Crippen LogP contribution in [-0.2, 0) is 6.54 Å². The van der Waals surface area contributed by atoms with E-state index in [9.17, 15) is 0 Å². The van der Waals surface area contributed by atoms with Gasteiger partial charge >= 0.3 is 0 Å². The van der Waals surface area contributed by atoms with Crippen LogP contribution in [0.1, 0.15) is 36.3 Å². The lowest BCUT2D eigenvalue weighted by atomic mass is 9.93. The molecular weight excluding hydrogens is 260 g/mol. The summed E-state index contributed by atoms with van der Waals surface area (Å²) >= 11 is 0. The topological polar surface area (TPSA) is 42.4 Å². The third-order valence-electron chi connectivity index (χ3n) is 4.09. The monoisotopic (exact) mass is 286 g/mol. The van der Waals surface area contributed by atoms with Crippen molar-refractivity contribution < 1.29 is 4.42 Å². The minimum atomic E-state index is 0.352. The van der Waals surface area contributed by atoms with Crippen LogP contribution in [0.25, 0.3) is 0 Å². The van der Waals surface area contributed by atoms with Gasteiger partial charge in [-0.15, -0.1) is 0 Å². The number of benzene rings is 1. The molecule has 0 aliphatic rings. The van der Waals surface area contributed by atoms with Gasteiger partial charge in [-0.1, -0.05) is 37.3 Å². The molecule has 1 aromatic heterocycles. The SMILES string of the molecule is Cc1ccc(CN(C)C(CN)CC(C)c2ccccc2)o1. The summed E-state index contributed by atoms with van der Waals surface area (Å²) in [6, 6.07) is 15.0. The Bertz CT molecular complexity index is 535. The van der Waals surface area contributed by atoms with Gasteiger partial charge in [0.2, 0.25) is 0 Å². The number of furan rings is 1. The maximum absolute atomic E-state index is 5.99. The Kier molecular flexibility index (Phi) is 5.59. The number of likely N-dealkylation sites (N-methyl/N-ethyl adjacent to an activating group) is 1. The fourth-order valence-electron chi connectivity index (χ4n) is 2.73. The molecule has 114 valence electrons. The summed E-state index contributed by atoms with van der Waals surface area (Å²) < 4.78 is 5.66. The Balaban J connectivity index is 1.95. The second-order valence-corrected chi connectivity index (χ2v) is 5.86. The molecule has 1 heterocycles. The van der Waals surface area contributed by atoms with E-state index in [0.717, 1.165) is 24.5 Å². The summed E-state index contributed by atoms with van der Waals surface area (Å²) in [6.07, 6.45) is 1.05. The molecule has 0 saturated carbocycles. The van der Waals surface area contributed by atoms with Crippen LogP contribution >= 0.6 is 0 Å². The molecule has 0 spiro atoms. The van der Waals surface area contributed by atoms with Crippen LogP contribution in [0.3, 0.4) is 0 Å². The van der Waals surface area contributed by atoms with Crippen LogP contribution in [0.15, 0.2) is 46.9 Å². The van der Waals surface area contributed by atoms with Crippen LogP contribution < -0.4 is 5.73 Å². The van der Waals surface area contributed by atoms with Gasteiger partial charge in [-0.3, -0.25) is 4.90 Å². The quantitative estimate of drug-likeness (QED) is 0.846. The molecule has 0 fully saturated rings. The number of hydrogen-bond acceptors (Lipinski definition) is 3. The van der Waals surface area contributed by atoms with E-state index in [4.69, 9.17) is 10.2 Å². The maximum atomic E-state index is 5.99. The molecule has 3 heteroatoms. The zero-order valence-corrected chi connectivity index (χ0v) is 13.3. The average Bonchev–Trinajstić information content (AvgIpc) is 2.90. The molecule has 3 nitrogen and oxygen atoms in total. The minimum Gasteiger partial charge on any atom is -0.465 e. The van der Waals surface area contributed by atoms with E-state index in [0.29, 0.717) is 18.5 Å². The molecule has 2 unspecified atom stereocenters. The van der Waals surface area contributed by atoms with E-state index in [1.165, 1.54) is 5.56 Å². The summed E-state index contributed by atoms with van der Waals surface area (Å²) in [7, 11) is 2.12. The van der Waals surface area contributed by atoms with Gasteiger partial charge < -0.3 is 10.2 Å². The Morgan fingerprint density at radius 1 is 1.14 bits per heavy atom. The van der Waals surface area contributed by atoms with Crippen molar-refractivity contribution in [3.8, 4) is 0 Å². The molecule has 2 aromatic rings. The van der Waals surface area contributed by atoms with E-state index >= 15 is 0 Å². The molecular formula is C18H26N2O. The number of aryl methyl sites for hydroxylation is 1. The van der Waals surface area contributed by atoms with Gasteiger partial charge in [0.15, 0.2) is 0 Å². The van der Waals surface area contributed by atoms with Crippen LogP contribution in [0.4, 0.5) is 0 Å². The Morgan fingerprint density at radius 3 is 2.43 bits per heavy atom. The molecule has 0 saturated heterocycles. The van der Waals surface area contributed by atoms with Gasteiger partial charge in [0.05, 0.1) is 6.54 Å². The van der Waals surface area contributed by atoms with Gasteiger partial charge in [-0.25, -0.2) is 0 Å². The summed E-state index contributed by atoms with van der Waals surface area (Å²) in [4.78, 5) is 2.29. The first-order chi connectivity index (χ1) is 10.1. The van der Waals surface area contributed by atoms with Crippen molar-refractivity contribution in [2.75, 3.05) is 13.6 Å². The molecule has 1 aromatic carbocycles. The molecule has 2 rings (SSSR count). The highest BCUT2D eigenvalue weighted by Crippen LogP contribution is 2.22. The van der Waals surface area contributed by atoms with Gasteiger partial charge in [0.25, 0.3) is 0 Å². The minimum absolute atomic E-state index is 0.352. The van der Waals surface area contributed by atoms with Gasteiger partial charge in [-0.2, -0.15) is 0 Å². The molecule has 0 aliphatic carbocycles. The predicted octanol–water partition coefficient (Wildman–Crippen LogP) is 3.54. The standard InChI is InChI=1S/C18H26N2O/c1-14(16-7-5-4-6-8-16)11-17(12-19)20(3)13-18-10-9-15(2)21-18/h4-10,14,17H,11-13,19H2,1-3H3. The maximum Gasteiger partial charge on any atom is 0.118 e. The van der Waals surface area contributed by atoms with Crippen LogP contribution in [0.2, 0.25) is 0 Å². The Hall–Kier alpha value is -1.58. The van der Waals surface area contributed by atoms with Crippen molar-refractivity contribution >= 4 is 0 Å². The van der Waals surface area contributed by atoms with Gasteiger partial charge in [-0.05, 0) is 44.0 Å². The Labute approximate surface area is 127 Å². The lowest BCUT2D eigenvalue weighted by molar-refractivity contribution is 0.203. The highest BCUT2D eigenvalue weighted by molar-refractivity contribution is 5.19. The summed E-state index contributed by atoms with van der Waals surface area (Å²) in [5.41, 5.74) is 7.36. The van der Waals surface area contributed by atoms with Crippen molar-refractivity contribution in [3.63, 3.8) is 0 Å². The van der Waals surface area contributed by atoms with E-state index in [1.807, 2.05) is 19.1 Å². The highest BCUT2D eigenvalue weighted by atomic mass is 16.3. The van der Waals surface area contributed by atoms with Gasteiger partial charge in [0, 0.05) is 12.6 Å². The first-order valence-corrected chi connectivity index (χ1v) is 7.60. The highest BCUT2D eigenvalue weighted by Gasteiger charge is 2.18. The first-order valence-electron chi connectivity index (χ1n) is 7.60. The number of nitrogens with two attached hydrogens (primary N) is 1. The second kappa shape index (κ2) is 7.43. The van der Waals surface area contributed by atoms with E-state index < -0.39 is 0 Å². The van der Waals surface area contributed by atoms with Crippen molar-refractivity contribution in [1.29, 1.82) is 0 Å². The predicted molar refractivity (Wildman–Crippen MR) is 87.2 cm³/mol. The van der Waals surface area contributed by atoms with Crippen molar-refractivity contribution in [3.05, 3.63) is 59.5 Å². The normalized spacial score (nSPS) is 14.3. The van der Waals surface area contributed by atoms with E-state index in [-0.39, 0.29) is 0 Å². The van der Waals surface area contributed by atoms with E-state index in [1.54, 1.807) is 0 Å². The average molecular weight is 286 g/mol. The van der Waals surface area contributed by atoms with Gasteiger partial charge in [0.1, 0.15) is 11.5 Å². The fourth-order valence-corrected chi connectivity index (χ4v) is 2.73. The molecule has 2 N–H and O–H groups in total. The first kappa shape index (κ1) is 15.8. The van der Waals surface area contributed by atoms with Crippen LogP contribution in [-0.4, -0.2) is 24.5 Å². The third kappa shape index (κ3) is 4.45. The number of nitrogens with zero attached hydrogens (tertiary/aromatic N) is 1. The molecule has 0 amide bonds. The molecule has 0 radical (unpaired) electrons. The summed E-state index contributed by atoms with van der Waals surface area (Å²) in [5.74, 6) is 2.46. The zero-order valence-electron chi connectivity index (χ0n) is 13.3. The Morgan fingerprint density at radius 2 is 1.86 bits per heavy atom. The third-order valence-corrected chi connectivity index (χ3v) is 4.09. The number of rotatable bonds is 7. The summed E-state index contributed by atoms with van der Waals surface area (Å²) in [6.45, 7) is 5.70. The van der Waals surface area contributed by atoms with Crippen LogP contribution in [0.5, 0.6) is 0 Å². The molecule has 2 atom stereocenters. The number of hydrogen-bond donors (Lipinski definition) is 1. The second-order valence-electron chi connectivity index (χ2n) is 5.86. The molecule has 21 heavy (non-hydrogen) atoms. The van der Waals surface area contributed by atoms with Crippen molar-refractivity contribution in [2.24, 2.45) is 5.73 Å². The zero-order chi connectivity index (χ0) is 15.2. The molecule has 0 aliphatic heterocycles. The molecule has 0 bridgehead atoms. The fraction of sp³-hybridized carbons (Fsp3) is 0.444. The lowest BCUT2D eigenvalue weighted by Gasteiger charge is -2.28. The smallest absolute Gasteiger partial charge is 0.118 e. The largest absolute Gasteiger partial charge is 0.465 e. The van der Waals surface area contributed by atoms with Crippen LogP contribution in [0, 0.1) is 6.92 Å². The lowest BCUT2D eigenvalue weighted by Crippen LogP contribution is -2.38. The van der Waals surface area contributed by atoms with E-state index in [2.05, 4.69) is 49.2 Å².